The number of hydrogen-bond donors (Lipinski definition) is 0. The molecule has 0 radical (unpaired) electrons. The van der Waals surface area contributed by atoms with Gasteiger partial charge in [-0.1, -0.05) is 12.1 Å². The van der Waals surface area contributed by atoms with Crippen LogP contribution in [-0.4, -0.2) is 16.5 Å². The molecule has 5 rings (SSSR count). The molecule has 2 aromatic heterocycles. The fourth-order valence-corrected chi connectivity index (χ4v) is 3.60. The van der Waals surface area contributed by atoms with Crippen molar-refractivity contribution < 1.29 is 18.8 Å². The Kier molecular flexibility index (Phi) is 3.73. The SMILES string of the molecule is CCOc1cccc2c1oc(=O)c1nc3c(cc12)COc1ccc([N+](=O)[O-])cc1-3. The summed E-state index contributed by atoms with van der Waals surface area (Å²) in [6.45, 7) is 2.53. The summed E-state index contributed by atoms with van der Waals surface area (Å²) in [6.07, 6.45) is 0. The minimum Gasteiger partial charge on any atom is -0.490 e. The summed E-state index contributed by atoms with van der Waals surface area (Å²) in [7, 11) is 0. The van der Waals surface area contributed by atoms with Gasteiger partial charge in [0.2, 0.25) is 0 Å². The zero-order chi connectivity index (χ0) is 20.1. The topological polar surface area (TPSA) is 105 Å². The summed E-state index contributed by atoms with van der Waals surface area (Å²) in [5, 5.41) is 12.5. The molecule has 8 nitrogen and oxygen atoms in total. The Morgan fingerprint density at radius 3 is 2.86 bits per heavy atom. The van der Waals surface area contributed by atoms with Crippen molar-refractivity contribution in [3.8, 4) is 22.8 Å². The maximum absolute atomic E-state index is 12.7. The number of nitro groups is 1. The molecular formula is C21H14N2O6. The minimum atomic E-state index is -0.596. The maximum Gasteiger partial charge on any atom is 0.363 e. The first-order chi connectivity index (χ1) is 14.1. The molecule has 0 atom stereocenters. The quantitative estimate of drug-likeness (QED) is 0.223. The van der Waals surface area contributed by atoms with E-state index in [2.05, 4.69) is 4.98 Å². The van der Waals surface area contributed by atoms with Gasteiger partial charge in [-0.25, -0.2) is 9.78 Å². The molecule has 0 saturated heterocycles. The second-order valence-corrected chi connectivity index (χ2v) is 6.57. The van der Waals surface area contributed by atoms with E-state index in [-0.39, 0.29) is 17.8 Å². The predicted molar refractivity (Wildman–Crippen MR) is 105 cm³/mol. The van der Waals surface area contributed by atoms with E-state index in [1.54, 1.807) is 12.1 Å². The number of aromatic nitrogens is 1. The molecule has 1 aliphatic heterocycles. The molecule has 0 saturated carbocycles. The van der Waals surface area contributed by atoms with Gasteiger partial charge in [-0.2, -0.15) is 0 Å². The summed E-state index contributed by atoms with van der Waals surface area (Å²) in [6, 6.07) is 11.5. The number of hydrogen-bond acceptors (Lipinski definition) is 7. The molecular weight excluding hydrogens is 376 g/mol. The number of fused-ring (bicyclic) bond motifs is 6. The lowest BCUT2D eigenvalue weighted by Crippen LogP contribution is -2.11. The summed E-state index contributed by atoms with van der Waals surface area (Å²) in [5.74, 6) is 0.970. The van der Waals surface area contributed by atoms with E-state index in [1.807, 2.05) is 25.1 Å². The second kappa shape index (κ2) is 6.30. The Labute approximate surface area is 163 Å². The van der Waals surface area contributed by atoms with Gasteiger partial charge in [-0.05, 0) is 25.1 Å². The second-order valence-electron chi connectivity index (χ2n) is 6.57. The Balaban J connectivity index is 1.82. The number of ether oxygens (including phenoxy) is 2. The van der Waals surface area contributed by atoms with Crippen LogP contribution in [0.2, 0.25) is 0 Å². The van der Waals surface area contributed by atoms with Crippen LogP contribution in [-0.2, 0) is 6.61 Å². The number of non-ortho nitro benzene ring substituents is 1. The Hall–Kier alpha value is -3.94. The number of pyridine rings is 1. The van der Waals surface area contributed by atoms with Gasteiger partial charge in [0, 0.05) is 34.0 Å². The number of nitrogens with zero attached hydrogens (tertiary/aromatic N) is 2. The first kappa shape index (κ1) is 17.2. The highest BCUT2D eigenvalue weighted by Gasteiger charge is 2.24. The normalized spacial score (nSPS) is 12.3. The number of para-hydroxylation sites is 1. The van der Waals surface area contributed by atoms with Crippen LogP contribution in [0.25, 0.3) is 33.1 Å². The third-order valence-corrected chi connectivity index (χ3v) is 4.87. The lowest BCUT2D eigenvalue weighted by molar-refractivity contribution is -0.384. The van der Waals surface area contributed by atoms with E-state index >= 15 is 0 Å². The Bertz CT molecular complexity index is 1380. The van der Waals surface area contributed by atoms with E-state index in [0.717, 1.165) is 5.56 Å². The molecule has 0 spiro atoms. The van der Waals surface area contributed by atoms with E-state index in [0.29, 0.717) is 45.7 Å². The highest BCUT2D eigenvalue weighted by atomic mass is 16.6. The number of nitro benzene ring substituents is 1. The van der Waals surface area contributed by atoms with Crippen molar-refractivity contribution in [2.75, 3.05) is 6.61 Å². The monoisotopic (exact) mass is 390 g/mol. The Morgan fingerprint density at radius 2 is 2.07 bits per heavy atom. The summed E-state index contributed by atoms with van der Waals surface area (Å²) >= 11 is 0. The van der Waals surface area contributed by atoms with Gasteiger partial charge in [0.15, 0.2) is 16.8 Å². The molecule has 8 heteroatoms. The molecule has 0 amide bonds. The molecule has 1 aliphatic rings. The fourth-order valence-electron chi connectivity index (χ4n) is 3.60. The zero-order valence-corrected chi connectivity index (χ0v) is 15.3. The van der Waals surface area contributed by atoms with Gasteiger partial charge in [-0.3, -0.25) is 10.1 Å². The molecule has 144 valence electrons. The van der Waals surface area contributed by atoms with E-state index in [9.17, 15) is 14.9 Å². The van der Waals surface area contributed by atoms with Crippen LogP contribution < -0.4 is 15.1 Å². The third-order valence-electron chi connectivity index (χ3n) is 4.87. The minimum absolute atomic E-state index is 0.0750. The lowest BCUT2D eigenvalue weighted by Gasteiger charge is -2.20. The molecule has 0 fully saturated rings. The van der Waals surface area contributed by atoms with Crippen molar-refractivity contribution in [1.29, 1.82) is 0 Å². The average Bonchev–Trinajstić information content (AvgIpc) is 2.73. The predicted octanol–water partition coefficient (Wildman–Crippen LogP) is 4.21. The van der Waals surface area contributed by atoms with Crippen molar-refractivity contribution in [2.45, 2.75) is 13.5 Å². The maximum atomic E-state index is 12.7. The van der Waals surface area contributed by atoms with Gasteiger partial charge in [0.05, 0.1) is 17.2 Å². The summed E-state index contributed by atoms with van der Waals surface area (Å²) in [4.78, 5) is 27.9. The Morgan fingerprint density at radius 1 is 1.21 bits per heavy atom. The summed E-state index contributed by atoms with van der Waals surface area (Å²) < 4.78 is 16.8. The van der Waals surface area contributed by atoms with Crippen molar-refractivity contribution in [3.05, 3.63) is 68.6 Å². The van der Waals surface area contributed by atoms with Crippen molar-refractivity contribution >= 4 is 27.6 Å². The standard InChI is InChI=1S/C21H14N2O6/c1-2-27-17-5-3-4-13-14-8-11-10-28-16-7-6-12(23(25)26)9-15(16)18(11)22-19(14)21(24)29-20(13)17/h3-9H,2,10H2,1H3. The van der Waals surface area contributed by atoms with Gasteiger partial charge in [0.1, 0.15) is 12.4 Å². The molecule has 4 aromatic rings. The van der Waals surface area contributed by atoms with Crippen LogP contribution in [0.3, 0.4) is 0 Å². The van der Waals surface area contributed by atoms with E-state index < -0.39 is 10.5 Å². The third kappa shape index (κ3) is 2.60. The fraction of sp³-hybridized carbons (Fsp3) is 0.143. The van der Waals surface area contributed by atoms with Crippen LogP contribution in [0.1, 0.15) is 12.5 Å². The zero-order valence-electron chi connectivity index (χ0n) is 15.3. The molecule has 3 heterocycles. The molecule has 0 N–H and O–H groups in total. The van der Waals surface area contributed by atoms with Gasteiger partial charge < -0.3 is 13.9 Å². The first-order valence-corrected chi connectivity index (χ1v) is 9.00. The van der Waals surface area contributed by atoms with Crippen molar-refractivity contribution in [2.24, 2.45) is 0 Å². The molecule has 0 bridgehead atoms. The molecule has 29 heavy (non-hydrogen) atoms. The van der Waals surface area contributed by atoms with Crippen LogP contribution in [0.4, 0.5) is 5.69 Å². The van der Waals surface area contributed by atoms with Gasteiger partial charge >= 0.3 is 5.63 Å². The number of benzene rings is 2. The largest absolute Gasteiger partial charge is 0.490 e. The summed E-state index contributed by atoms with van der Waals surface area (Å²) in [5.41, 5.74) is 1.54. The molecule has 2 aromatic carbocycles. The van der Waals surface area contributed by atoms with E-state index in [1.165, 1.54) is 12.1 Å². The van der Waals surface area contributed by atoms with Crippen LogP contribution >= 0.6 is 0 Å². The highest BCUT2D eigenvalue weighted by molar-refractivity contribution is 6.05. The van der Waals surface area contributed by atoms with Crippen LogP contribution in [0.15, 0.2) is 51.7 Å². The van der Waals surface area contributed by atoms with Gasteiger partial charge in [0.25, 0.3) is 5.69 Å². The smallest absolute Gasteiger partial charge is 0.363 e. The van der Waals surface area contributed by atoms with Crippen LogP contribution in [0.5, 0.6) is 11.5 Å². The lowest BCUT2D eigenvalue weighted by atomic mass is 9.99. The molecule has 0 unspecified atom stereocenters. The van der Waals surface area contributed by atoms with Crippen molar-refractivity contribution in [1.82, 2.24) is 4.98 Å². The highest BCUT2D eigenvalue weighted by Crippen LogP contribution is 2.40. The van der Waals surface area contributed by atoms with Crippen molar-refractivity contribution in [3.63, 3.8) is 0 Å². The van der Waals surface area contributed by atoms with Gasteiger partial charge in [-0.15, -0.1) is 0 Å². The first-order valence-electron chi connectivity index (χ1n) is 9.00. The van der Waals surface area contributed by atoms with Crippen LogP contribution in [0, 0.1) is 10.1 Å². The molecule has 0 aliphatic carbocycles. The average molecular weight is 390 g/mol. The number of rotatable bonds is 3. The van der Waals surface area contributed by atoms with E-state index in [4.69, 9.17) is 13.9 Å².